The Morgan fingerprint density at radius 2 is 1.67 bits per heavy atom. The van der Waals surface area contributed by atoms with Gasteiger partial charge in [0, 0.05) is 30.4 Å². The van der Waals surface area contributed by atoms with E-state index in [0.29, 0.717) is 18.5 Å². The summed E-state index contributed by atoms with van der Waals surface area (Å²) in [6.07, 6.45) is 3.63. The molecule has 1 aliphatic heterocycles. The molecule has 0 bridgehead atoms. The van der Waals surface area contributed by atoms with E-state index in [-0.39, 0.29) is 21.6 Å². The molecule has 1 aliphatic carbocycles. The Morgan fingerprint density at radius 1 is 1.03 bits per heavy atom. The number of nitrogens with zero attached hydrogens (tertiary/aromatic N) is 1. The maximum atomic E-state index is 12.9. The fraction of sp³-hybridized carbons (Fsp3) is 0.381. The van der Waals surface area contributed by atoms with E-state index in [1.807, 2.05) is 0 Å². The lowest BCUT2D eigenvalue weighted by atomic mass is 10.1. The van der Waals surface area contributed by atoms with Gasteiger partial charge in [0.25, 0.3) is 0 Å². The van der Waals surface area contributed by atoms with Crippen LogP contribution in [0.25, 0.3) is 0 Å². The average Bonchev–Trinajstić information content (AvgIpc) is 3.45. The molecule has 1 fully saturated rings. The highest BCUT2D eigenvalue weighted by Crippen LogP contribution is 2.37. The molecular formula is C21H24N2O5S2. The van der Waals surface area contributed by atoms with Crippen LogP contribution in [0.5, 0.6) is 0 Å². The molecule has 9 heteroatoms. The third kappa shape index (κ3) is 4.14. The van der Waals surface area contributed by atoms with Crippen molar-refractivity contribution in [2.24, 2.45) is 5.92 Å². The van der Waals surface area contributed by atoms with Crippen LogP contribution in [-0.2, 0) is 31.1 Å². The van der Waals surface area contributed by atoms with Gasteiger partial charge in [-0.2, -0.15) is 0 Å². The fourth-order valence-electron chi connectivity index (χ4n) is 3.70. The van der Waals surface area contributed by atoms with Gasteiger partial charge in [-0.25, -0.2) is 21.6 Å². The first kappa shape index (κ1) is 21.0. The minimum absolute atomic E-state index is 0.121. The van der Waals surface area contributed by atoms with E-state index in [4.69, 9.17) is 0 Å². The van der Waals surface area contributed by atoms with Gasteiger partial charge in [-0.1, -0.05) is 12.1 Å². The van der Waals surface area contributed by atoms with Gasteiger partial charge < -0.3 is 4.90 Å². The summed E-state index contributed by atoms with van der Waals surface area (Å²) in [6.45, 7) is 2.29. The van der Waals surface area contributed by atoms with E-state index < -0.39 is 25.9 Å². The average molecular weight is 449 g/mol. The molecule has 0 aromatic heterocycles. The van der Waals surface area contributed by atoms with Crippen molar-refractivity contribution in [2.45, 2.75) is 42.0 Å². The molecule has 2 aliphatic rings. The lowest BCUT2D eigenvalue weighted by Gasteiger charge is -2.18. The topological polar surface area (TPSA) is 101 Å². The SMILES string of the molecule is C[C@H](NS(=O)(=O)c1ccc2c(c1)CCN2C(=O)C1CC1)c1ccc(S(C)(=O)=O)cc1. The fourth-order valence-corrected chi connectivity index (χ4v) is 5.61. The van der Waals surface area contributed by atoms with Crippen molar-refractivity contribution in [3.05, 3.63) is 53.6 Å². The Bertz CT molecular complexity index is 1200. The van der Waals surface area contributed by atoms with E-state index >= 15 is 0 Å². The number of carbonyl (C=O) groups excluding carboxylic acids is 1. The highest BCUT2D eigenvalue weighted by molar-refractivity contribution is 7.90. The quantitative estimate of drug-likeness (QED) is 0.732. The number of sulfonamides is 1. The number of amides is 1. The lowest BCUT2D eigenvalue weighted by Crippen LogP contribution is -2.30. The Hall–Kier alpha value is -2.23. The maximum Gasteiger partial charge on any atom is 0.241 e. The van der Waals surface area contributed by atoms with Crippen LogP contribution in [0.15, 0.2) is 52.3 Å². The van der Waals surface area contributed by atoms with E-state index in [1.54, 1.807) is 36.1 Å². The summed E-state index contributed by atoms with van der Waals surface area (Å²) in [5.74, 6) is 0.254. The third-order valence-corrected chi connectivity index (χ3v) is 8.26. The van der Waals surface area contributed by atoms with E-state index in [2.05, 4.69) is 4.72 Å². The second kappa shape index (κ2) is 7.47. The molecule has 0 spiro atoms. The Morgan fingerprint density at radius 3 is 2.27 bits per heavy atom. The first-order valence-electron chi connectivity index (χ1n) is 9.83. The molecule has 4 rings (SSSR count). The van der Waals surface area contributed by atoms with Gasteiger partial charge >= 0.3 is 0 Å². The van der Waals surface area contributed by atoms with Gasteiger partial charge in [-0.3, -0.25) is 4.79 Å². The Labute approximate surface area is 177 Å². The number of anilines is 1. The zero-order valence-electron chi connectivity index (χ0n) is 16.8. The van der Waals surface area contributed by atoms with Crippen molar-refractivity contribution < 1.29 is 21.6 Å². The second-order valence-electron chi connectivity index (χ2n) is 7.99. The van der Waals surface area contributed by atoms with E-state index in [1.165, 1.54) is 18.2 Å². The van der Waals surface area contributed by atoms with Gasteiger partial charge in [0.15, 0.2) is 9.84 Å². The van der Waals surface area contributed by atoms with Crippen molar-refractivity contribution in [3.63, 3.8) is 0 Å². The van der Waals surface area contributed by atoms with Crippen LogP contribution < -0.4 is 9.62 Å². The van der Waals surface area contributed by atoms with Crippen LogP contribution in [0.3, 0.4) is 0 Å². The smallest absolute Gasteiger partial charge is 0.241 e. The highest BCUT2D eigenvalue weighted by atomic mass is 32.2. The molecule has 1 atom stereocenters. The second-order valence-corrected chi connectivity index (χ2v) is 11.7. The number of hydrogen-bond donors (Lipinski definition) is 1. The van der Waals surface area contributed by atoms with E-state index in [0.717, 1.165) is 30.3 Å². The molecule has 0 radical (unpaired) electrons. The maximum absolute atomic E-state index is 12.9. The molecule has 7 nitrogen and oxygen atoms in total. The lowest BCUT2D eigenvalue weighted by molar-refractivity contribution is -0.119. The molecule has 160 valence electrons. The minimum Gasteiger partial charge on any atom is -0.312 e. The largest absolute Gasteiger partial charge is 0.312 e. The van der Waals surface area contributed by atoms with Crippen molar-refractivity contribution >= 4 is 31.5 Å². The van der Waals surface area contributed by atoms with Crippen molar-refractivity contribution in [2.75, 3.05) is 17.7 Å². The molecule has 2 aromatic carbocycles. The van der Waals surface area contributed by atoms with Crippen molar-refractivity contribution in [1.29, 1.82) is 0 Å². The van der Waals surface area contributed by atoms with Gasteiger partial charge in [-0.15, -0.1) is 0 Å². The van der Waals surface area contributed by atoms with Gasteiger partial charge in [0.2, 0.25) is 15.9 Å². The zero-order valence-corrected chi connectivity index (χ0v) is 18.5. The number of nitrogens with one attached hydrogen (secondary N) is 1. The summed E-state index contributed by atoms with van der Waals surface area (Å²) < 4.78 is 51.6. The van der Waals surface area contributed by atoms with Gasteiger partial charge in [0.05, 0.1) is 9.79 Å². The number of sulfone groups is 1. The zero-order chi connectivity index (χ0) is 21.7. The summed E-state index contributed by atoms with van der Waals surface area (Å²) in [5, 5.41) is 0. The summed E-state index contributed by atoms with van der Waals surface area (Å²) in [6, 6.07) is 10.5. The van der Waals surface area contributed by atoms with Gasteiger partial charge in [0.1, 0.15) is 0 Å². The minimum atomic E-state index is -3.78. The first-order valence-corrected chi connectivity index (χ1v) is 13.2. The normalized spacial score (nSPS) is 17.6. The van der Waals surface area contributed by atoms with Crippen LogP contribution in [0.1, 0.15) is 36.9 Å². The Kier molecular flexibility index (Phi) is 5.24. The number of benzene rings is 2. The highest BCUT2D eigenvalue weighted by Gasteiger charge is 2.36. The van der Waals surface area contributed by atoms with Crippen LogP contribution in [0.2, 0.25) is 0 Å². The number of carbonyl (C=O) groups is 1. The molecule has 0 saturated heterocycles. The molecule has 0 unspecified atom stereocenters. The monoisotopic (exact) mass is 448 g/mol. The summed E-state index contributed by atoms with van der Waals surface area (Å²) in [5.41, 5.74) is 2.32. The van der Waals surface area contributed by atoms with Crippen molar-refractivity contribution in [1.82, 2.24) is 4.72 Å². The van der Waals surface area contributed by atoms with Gasteiger partial charge in [-0.05, 0) is 67.6 Å². The predicted octanol–water partition coefficient (Wildman–Crippen LogP) is 2.43. The van der Waals surface area contributed by atoms with Crippen molar-refractivity contribution in [3.8, 4) is 0 Å². The number of fused-ring (bicyclic) bond motifs is 1. The molecule has 1 N–H and O–H groups in total. The molecule has 1 saturated carbocycles. The summed E-state index contributed by atoms with van der Waals surface area (Å²) in [4.78, 5) is 14.5. The molecule has 30 heavy (non-hydrogen) atoms. The standard InChI is InChI=1S/C21H24N2O5S2/c1-14(15-5-7-18(8-6-15)29(2,25)26)22-30(27,28)19-9-10-20-17(13-19)11-12-23(20)21(24)16-3-4-16/h5-10,13-14,16,22H,3-4,11-12H2,1-2H3/t14-/m0/s1. The number of rotatable bonds is 6. The van der Waals surface area contributed by atoms with Crippen LogP contribution in [0.4, 0.5) is 5.69 Å². The summed E-state index contributed by atoms with van der Waals surface area (Å²) in [7, 11) is -7.09. The molecule has 1 amide bonds. The Balaban J connectivity index is 1.52. The van der Waals surface area contributed by atoms with E-state index in [9.17, 15) is 21.6 Å². The molecule has 1 heterocycles. The van der Waals surface area contributed by atoms with Crippen LogP contribution >= 0.6 is 0 Å². The van der Waals surface area contributed by atoms with Crippen LogP contribution in [0, 0.1) is 5.92 Å². The summed E-state index contributed by atoms with van der Waals surface area (Å²) >= 11 is 0. The molecule has 2 aromatic rings. The van der Waals surface area contributed by atoms with Crippen LogP contribution in [-0.4, -0.2) is 35.5 Å². The number of hydrogen-bond acceptors (Lipinski definition) is 5. The molecular weight excluding hydrogens is 424 g/mol. The third-order valence-electron chi connectivity index (χ3n) is 5.59. The predicted molar refractivity (Wildman–Crippen MR) is 114 cm³/mol. The first-order chi connectivity index (χ1) is 14.1.